The van der Waals surface area contributed by atoms with Crippen LogP contribution in [0.2, 0.25) is 0 Å². The summed E-state index contributed by atoms with van der Waals surface area (Å²) in [5.74, 6) is 0.274. The fourth-order valence-electron chi connectivity index (χ4n) is 1.13. The standard InChI is InChI=1S/C10H13NO3/c1-14-10-6-7(2-3-9(10)13)8(12)4-5-11/h2-3,6,13H,4-5,11H2,1H3. The average molecular weight is 195 g/mol. The first-order valence-corrected chi connectivity index (χ1v) is 4.29. The first-order valence-electron chi connectivity index (χ1n) is 4.29. The highest BCUT2D eigenvalue weighted by Crippen LogP contribution is 2.26. The van der Waals surface area contributed by atoms with Gasteiger partial charge in [0.25, 0.3) is 0 Å². The summed E-state index contributed by atoms with van der Waals surface area (Å²) in [4.78, 5) is 11.4. The first-order chi connectivity index (χ1) is 6.69. The van der Waals surface area contributed by atoms with Crippen LogP contribution in [0.3, 0.4) is 0 Å². The number of ether oxygens (including phenoxy) is 1. The number of hydrogen-bond acceptors (Lipinski definition) is 4. The lowest BCUT2D eigenvalue weighted by Crippen LogP contribution is -2.08. The molecule has 0 saturated carbocycles. The Bertz CT molecular complexity index is 336. The van der Waals surface area contributed by atoms with Crippen LogP contribution < -0.4 is 10.5 Å². The zero-order chi connectivity index (χ0) is 10.6. The van der Waals surface area contributed by atoms with E-state index in [0.29, 0.717) is 24.3 Å². The molecule has 4 nitrogen and oxygen atoms in total. The van der Waals surface area contributed by atoms with Crippen molar-refractivity contribution < 1.29 is 14.6 Å². The third kappa shape index (κ3) is 2.23. The minimum absolute atomic E-state index is 0.0248. The monoisotopic (exact) mass is 195 g/mol. The zero-order valence-electron chi connectivity index (χ0n) is 7.99. The van der Waals surface area contributed by atoms with Crippen molar-refractivity contribution in [3.05, 3.63) is 23.8 Å². The molecule has 0 atom stereocenters. The fourth-order valence-corrected chi connectivity index (χ4v) is 1.13. The molecule has 0 bridgehead atoms. The molecular formula is C10H13NO3. The second-order valence-electron chi connectivity index (χ2n) is 2.85. The van der Waals surface area contributed by atoms with Gasteiger partial charge in [-0.2, -0.15) is 0 Å². The van der Waals surface area contributed by atoms with Gasteiger partial charge in [0, 0.05) is 12.0 Å². The summed E-state index contributed by atoms with van der Waals surface area (Å²) < 4.78 is 4.88. The van der Waals surface area contributed by atoms with Crippen LogP contribution in [-0.2, 0) is 0 Å². The average Bonchev–Trinajstić information content (AvgIpc) is 2.19. The van der Waals surface area contributed by atoms with Crippen LogP contribution in [0.15, 0.2) is 18.2 Å². The molecule has 3 N–H and O–H groups in total. The molecule has 76 valence electrons. The van der Waals surface area contributed by atoms with Crippen LogP contribution >= 0.6 is 0 Å². The van der Waals surface area contributed by atoms with Gasteiger partial charge in [-0.1, -0.05) is 0 Å². The molecule has 0 aliphatic rings. The largest absolute Gasteiger partial charge is 0.504 e. The summed E-state index contributed by atoms with van der Waals surface area (Å²) in [6.45, 7) is 0.321. The number of rotatable bonds is 4. The number of Topliss-reactive ketones (excluding diaryl/α,β-unsaturated/α-hetero) is 1. The lowest BCUT2D eigenvalue weighted by molar-refractivity contribution is 0.0985. The van der Waals surface area contributed by atoms with Crippen molar-refractivity contribution in [2.75, 3.05) is 13.7 Å². The minimum atomic E-state index is -0.0502. The molecule has 0 amide bonds. The van der Waals surface area contributed by atoms with E-state index in [2.05, 4.69) is 0 Å². The molecule has 0 aliphatic carbocycles. The Morgan fingerprint density at radius 1 is 1.57 bits per heavy atom. The van der Waals surface area contributed by atoms with E-state index < -0.39 is 0 Å². The summed E-state index contributed by atoms with van der Waals surface area (Å²) in [5, 5.41) is 9.29. The van der Waals surface area contributed by atoms with Crippen LogP contribution in [0.4, 0.5) is 0 Å². The number of nitrogens with two attached hydrogens (primary N) is 1. The number of carbonyl (C=O) groups is 1. The highest BCUT2D eigenvalue weighted by atomic mass is 16.5. The molecule has 1 rings (SSSR count). The number of hydrogen-bond donors (Lipinski definition) is 2. The van der Waals surface area contributed by atoms with Gasteiger partial charge in [-0.25, -0.2) is 0 Å². The van der Waals surface area contributed by atoms with E-state index in [1.54, 1.807) is 6.07 Å². The normalized spacial score (nSPS) is 9.86. The number of methoxy groups -OCH3 is 1. The molecule has 0 fully saturated rings. The second-order valence-corrected chi connectivity index (χ2v) is 2.85. The van der Waals surface area contributed by atoms with Gasteiger partial charge in [0.2, 0.25) is 0 Å². The summed E-state index contributed by atoms with van der Waals surface area (Å²) >= 11 is 0. The maximum absolute atomic E-state index is 11.4. The molecule has 1 aromatic carbocycles. The Balaban J connectivity index is 2.94. The Morgan fingerprint density at radius 2 is 2.29 bits per heavy atom. The van der Waals surface area contributed by atoms with E-state index in [9.17, 15) is 9.90 Å². The lowest BCUT2D eigenvalue weighted by atomic mass is 10.1. The summed E-state index contributed by atoms with van der Waals surface area (Å²) in [5.41, 5.74) is 5.77. The molecule has 4 heteroatoms. The van der Waals surface area contributed by atoms with E-state index in [4.69, 9.17) is 10.5 Å². The molecule has 0 heterocycles. The van der Waals surface area contributed by atoms with Gasteiger partial charge in [-0.3, -0.25) is 4.79 Å². The molecular weight excluding hydrogens is 182 g/mol. The van der Waals surface area contributed by atoms with Crippen molar-refractivity contribution in [3.63, 3.8) is 0 Å². The van der Waals surface area contributed by atoms with Gasteiger partial charge in [0.05, 0.1) is 7.11 Å². The maximum Gasteiger partial charge on any atom is 0.164 e. The predicted molar refractivity (Wildman–Crippen MR) is 52.7 cm³/mol. The maximum atomic E-state index is 11.4. The van der Waals surface area contributed by atoms with E-state index in [0.717, 1.165) is 0 Å². The lowest BCUT2D eigenvalue weighted by Gasteiger charge is -2.05. The van der Waals surface area contributed by atoms with Gasteiger partial charge in [-0.15, -0.1) is 0 Å². The molecule has 0 saturated heterocycles. The van der Waals surface area contributed by atoms with E-state index in [1.165, 1.54) is 19.2 Å². The van der Waals surface area contributed by atoms with Gasteiger partial charge >= 0.3 is 0 Å². The van der Waals surface area contributed by atoms with Crippen LogP contribution in [0, 0.1) is 0 Å². The number of carbonyl (C=O) groups excluding carboxylic acids is 1. The van der Waals surface area contributed by atoms with Crippen LogP contribution in [0.5, 0.6) is 11.5 Å². The zero-order valence-corrected chi connectivity index (χ0v) is 7.99. The molecule has 0 unspecified atom stereocenters. The van der Waals surface area contributed by atoms with E-state index in [-0.39, 0.29) is 11.5 Å². The molecule has 0 spiro atoms. The fraction of sp³-hybridized carbons (Fsp3) is 0.300. The smallest absolute Gasteiger partial charge is 0.164 e. The van der Waals surface area contributed by atoms with Crippen molar-refractivity contribution in [1.29, 1.82) is 0 Å². The van der Waals surface area contributed by atoms with Crippen molar-refractivity contribution >= 4 is 5.78 Å². The Labute approximate surface area is 82.3 Å². The van der Waals surface area contributed by atoms with Crippen LogP contribution in [0.1, 0.15) is 16.8 Å². The molecule has 14 heavy (non-hydrogen) atoms. The van der Waals surface area contributed by atoms with E-state index in [1.807, 2.05) is 0 Å². The Morgan fingerprint density at radius 3 is 2.86 bits per heavy atom. The number of phenols is 1. The van der Waals surface area contributed by atoms with Gasteiger partial charge < -0.3 is 15.6 Å². The highest BCUT2D eigenvalue weighted by molar-refractivity contribution is 5.96. The third-order valence-corrected chi connectivity index (χ3v) is 1.87. The third-order valence-electron chi connectivity index (χ3n) is 1.87. The summed E-state index contributed by atoms with van der Waals surface area (Å²) in [6.07, 6.45) is 0.300. The second kappa shape index (κ2) is 4.62. The number of ketones is 1. The number of phenolic OH excluding ortho intramolecular Hbond substituents is 1. The minimum Gasteiger partial charge on any atom is -0.504 e. The molecule has 0 radical (unpaired) electrons. The Hall–Kier alpha value is -1.55. The molecule has 0 aliphatic heterocycles. The quantitative estimate of drug-likeness (QED) is 0.701. The van der Waals surface area contributed by atoms with E-state index >= 15 is 0 Å². The van der Waals surface area contributed by atoms with Crippen molar-refractivity contribution in [2.24, 2.45) is 5.73 Å². The first kappa shape index (κ1) is 10.5. The van der Waals surface area contributed by atoms with Crippen LogP contribution in [-0.4, -0.2) is 24.5 Å². The van der Waals surface area contributed by atoms with Crippen molar-refractivity contribution in [2.45, 2.75) is 6.42 Å². The van der Waals surface area contributed by atoms with Crippen LogP contribution in [0.25, 0.3) is 0 Å². The SMILES string of the molecule is COc1cc(C(=O)CCN)ccc1O. The topological polar surface area (TPSA) is 72.5 Å². The number of benzene rings is 1. The predicted octanol–water partition coefficient (Wildman–Crippen LogP) is 0.932. The molecule has 0 aromatic heterocycles. The van der Waals surface area contributed by atoms with Gasteiger partial charge in [0.1, 0.15) is 0 Å². The molecule has 1 aromatic rings. The Kier molecular flexibility index (Phi) is 3.48. The van der Waals surface area contributed by atoms with Crippen molar-refractivity contribution in [1.82, 2.24) is 0 Å². The highest BCUT2D eigenvalue weighted by Gasteiger charge is 2.08. The number of aromatic hydroxyl groups is 1. The van der Waals surface area contributed by atoms with Gasteiger partial charge in [-0.05, 0) is 24.7 Å². The summed E-state index contributed by atoms with van der Waals surface area (Å²) in [7, 11) is 1.44. The summed E-state index contributed by atoms with van der Waals surface area (Å²) in [6, 6.07) is 4.49. The van der Waals surface area contributed by atoms with Gasteiger partial charge in [0.15, 0.2) is 17.3 Å². The van der Waals surface area contributed by atoms with Crippen molar-refractivity contribution in [3.8, 4) is 11.5 Å².